The maximum atomic E-state index is 4.66. The number of nitrogens with one attached hydrogen (secondary N) is 1. The molecular weight excluding hydrogens is 204 g/mol. The van der Waals surface area contributed by atoms with Crippen LogP contribution in [-0.2, 0) is 0 Å². The van der Waals surface area contributed by atoms with Gasteiger partial charge in [-0.3, -0.25) is 0 Å². The van der Waals surface area contributed by atoms with Crippen molar-refractivity contribution < 1.29 is 0 Å². The second-order valence-corrected chi connectivity index (χ2v) is 5.31. The summed E-state index contributed by atoms with van der Waals surface area (Å²) in [5, 5.41) is 0.589. The Balaban J connectivity index is 1.96. The molecule has 0 saturated carbocycles. The maximum absolute atomic E-state index is 4.66. The van der Waals surface area contributed by atoms with Crippen molar-refractivity contribution in [1.29, 1.82) is 0 Å². The zero-order valence-electron chi connectivity index (χ0n) is 8.57. The van der Waals surface area contributed by atoms with Crippen LogP contribution in [0.1, 0.15) is 30.3 Å². The molecule has 1 saturated heterocycles. The van der Waals surface area contributed by atoms with Crippen molar-refractivity contribution in [3.05, 3.63) is 30.1 Å². The molecule has 1 aromatic carbocycles. The van der Waals surface area contributed by atoms with Crippen LogP contribution in [0.5, 0.6) is 0 Å². The zero-order chi connectivity index (χ0) is 10.1. The van der Waals surface area contributed by atoms with E-state index in [4.69, 9.17) is 0 Å². The summed E-state index contributed by atoms with van der Waals surface area (Å²) in [6, 6.07) is 8.27. The first-order valence-electron chi connectivity index (χ1n) is 5.50. The van der Waals surface area contributed by atoms with E-state index in [1.54, 1.807) is 0 Å². The van der Waals surface area contributed by atoms with E-state index in [0.717, 1.165) is 5.52 Å². The van der Waals surface area contributed by atoms with Crippen LogP contribution in [0.4, 0.5) is 0 Å². The van der Waals surface area contributed by atoms with Crippen molar-refractivity contribution in [3.8, 4) is 0 Å². The Morgan fingerprint density at radius 2 is 2.20 bits per heavy atom. The SMILES string of the molecule is c1ccc2[nH]c(C3CCCCS3)nc2c1. The van der Waals surface area contributed by atoms with Gasteiger partial charge in [-0.05, 0) is 30.7 Å². The van der Waals surface area contributed by atoms with E-state index in [2.05, 4.69) is 28.2 Å². The lowest BCUT2D eigenvalue weighted by molar-refractivity contribution is 0.668. The van der Waals surface area contributed by atoms with Gasteiger partial charge in [0.05, 0.1) is 16.3 Å². The molecule has 1 fully saturated rings. The summed E-state index contributed by atoms with van der Waals surface area (Å²) in [6.45, 7) is 0. The summed E-state index contributed by atoms with van der Waals surface area (Å²) in [6.07, 6.45) is 3.97. The number of rotatable bonds is 1. The lowest BCUT2D eigenvalue weighted by Gasteiger charge is -2.18. The molecule has 1 aromatic heterocycles. The van der Waals surface area contributed by atoms with Gasteiger partial charge in [-0.25, -0.2) is 4.98 Å². The smallest absolute Gasteiger partial charge is 0.120 e. The van der Waals surface area contributed by atoms with Gasteiger partial charge in [-0.1, -0.05) is 18.6 Å². The Morgan fingerprint density at radius 1 is 1.27 bits per heavy atom. The molecule has 15 heavy (non-hydrogen) atoms. The van der Waals surface area contributed by atoms with Gasteiger partial charge in [0.15, 0.2) is 0 Å². The van der Waals surface area contributed by atoms with Crippen molar-refractivity contribution in [2.45, 2.75) is 24.5 Å². The normalized spacial score (nSPS) is 22.0. The molecule has 0 bridgehead atoms. The average Bonchev–Trinajstić information content (AvgIpc) is 2.74. The predicted molar refractivity (Wildman–Crippen MR) is 65.1 cm³/mol. The van der Waals surface area contributed by atoms with Gasteiger partial charge >= 0.3 is 0 Å². The van der Waals surface area contributed by atoms with E-state index < -0.39 is 0 Å². The number of H-pyrrole nitrogens is 1. The molecule has 1 atom stereocenters. The maximum Gasteiger partial charge on any atom is 0.120 e. The highest BCUT2D eigenvalue weighted by molar-refractivity contribution is 7.99. The minimum Gasteiger partial charge on any atom is -0.341 e. The molecule has 3 rings (SSSR count). The van der Waals surface area contributed by atoms with Crippen LogP contribution in [-0.4, -0.2) is 15.7 Å². The molecule has 2 nitrogen and oxygen atoms in total. The summed E-state index contributed by atoms with van der Waals surface area (Å²) in [5.41, 5.74) is 2.26. The second kappa shape index (κ2) is 3.89. The van der Waals surface area contributed by atoms with Crippen LogP contribution < -0.4 is 0 Å². The fraction of sp³-hybridized carbons (Fsp3) is 0.417. The Labute approximate surface area is 93.5 Å². The highest BCUT2D eigenvalue weighted by Crippen LogP contribution is 2.37. The molecule has 0 amide bonds. The molecule has 3 heteroatoms. The topological polar surface area (TPSA) is 28.7 Å². The van der Waals surface area contributed by atoms with Gasteiger partial charge in [0.25, 0.3) is 0 Å². The number of benzene rings is 1. The van der Waals surface area contributed by atoms with Gasteiger partial charge in [0.2, 0.25) is 0 Å². The molecule has 2 aromatic rings. The molecule has 0 radical (unpaired) electrons. The van der Waals surface area contributed by atoms with Gasteiger partial charge in [-0.15, -0.1) is 0 Å². The number of fused-ring (bicyclic) bond motifs is 1. The first-order valence-corrected chi connectivity index (χ1v) is 6.54. The third kappa shape index (κ3) is 1.76. The quantitative estimate of drug-likeness (QED) is 0.793. The molecule has 1 aliphatic rings. The summed E-state index contributed by atoms with van der Waals surface area (Å²) >= 11 is 2.04. The minimum absolute atomic E-state index is 0.589. The Bertz CT molecular complexity index is 424. The minimum atomic E-state index is 0.589. The Kier molecular flexibility index (Phi) is 2.41. The Hall–Kier alpha value is -0.960. The van der Waals surface area contributed by atoms with Gasteiger partial charge in [-0.2, -0.15) is 11.8 Å². The van der Waals surface area contributed by atoms with Crippen molar-refractivity contribution in [3.63, 3.8) is 0 Å². The molecule has 0 spiro atoms. The zero-order valence-corrected chi connectivity index (χ0v) is 9.39. The highest BCUT2D eigenvalue weighted by atomic mass is 32.2. The first kappa shape index (κ1) is 9.28. The summed E-state index contributed by atoms with van der Waals surface area (Å²) < 4.78 is 0. The second-order valence-electron chi connectivity index (χ2n) is 3.99. The molecule has 1 aliphatic heterocycles. The van der Waals surface area contributed by atoms with Crippen molar-refractivity contribution in [1.82, 2.24) is 9.97 Å². The number of aromatic nitrogens is 2. The summed E-state index contributed by atoms with van der Waals surface area (Å²) in [5.74, 6) is 2.45. The monoisotopic (exact) mass is 218 g/mol. The number of hydrogen-bond acceptors (Lipinski definition) is 2. The lowest BCUT2D eigenvalue weighted by atomic mass is 10.2. The third-order valence-corrected chi connectivity index (χ3v) is 4.28. The average molecular weight is 218 g/mol. The van der Waals surface area contributed by atoms with Crippen LogP contribution in [0, 0.1) is 0 Å². The third-order valence-electron chi connectivity index (χ3n) is 2.89. The van der Waals surface area contributed by atoms with E-state index >= 15 is 0 Å². The molecule has 2 heterocycles. The number of imidazole rings is 1. The van der Waals surface area contributed by atoms with Gasteiger partial charge in [0, 0.05) is 0 Å². The summed E-state index contributed by atoms with van der Waals surface area (Å²) in [4.78, 5) is 8.09. The van der Waals surface area contributed by atoms with Crippen LogP contribution in [0.2, 0.25) is 0 Å². The number of nitrogens with zero attached hydrogens (tertiary/aromatic N) is 1. The number of aromatic amines is 1. The number of hydrogen-bond donors (Lipinski definition) is 1. The van der Waals surface area contributed by atoms with E-state index in [-0.39, 0.29) is 0 Å². The number of thioether (sulfide) groups is 1. The fourth-order valence-electron chi connectivity index (χ4n) is 2.08. The predicted octanol–water partition coefficient (Wildman–Crippen LogP) is 3.52. The fourth-order valence-corrected chi connectivity index (χ4v) is 3.34. The molecule has 78 valence electrons. The van der Waals surface area contributed by atoms with Gasteiger partial charge < -0.3 is 4.98 Å². The molecule has 1 unspecified atom stereocenters. The van der Waals surface area contributed by atoms with Crippen molar-refractivity contribution in [2.24, 2.45) is 0 Å². The van der Waals surface area contributed by atoms with Crippen LogP contribution in [0.25, 0.3) is 11.0 Å². The largest absolute Gasteiger partial charge is 0.341 e. The van der Waals surface area contributed by atoms with E-state index in [9.17, 15) is 0 Å². The van der Waals surface area contributed by atoms with Crippen molar-refractivity contribution in [2.75, 3.05) is 5.75 Å². The van der Waals surface area contributed by atoms with Crippen molar-refractivity contribution >= 4 is 22.8 Å². The number of para-hydroxylation sites is 2. The highest BCUT2D eigenvalue weighted by Gasteiger charge is 2.18. The van der Waals surface area contributed by atoms with E-state index in [0.29, 0.717) is 5.25 Å². The van der Waals surface area contributed by atoms with Gasteiger partial charge in [0.1, 0.15) is 5.82 Å². The summed E-state index contributed by atoms with van der Waals surface area (Å²) in [7, 11) is 0. The van der Waals surface area contributed by atoms with Crippen LogP contribution in [0.3, 0.4) is 0 Å². The first-order chi connectivity index (χ1) is 7.43. The molecular formula is C12H14N2S. The standard InChI is InChI=1S/C12H14N2S/c1-2-6-10-9(5-1)13-12(14-10)11-7-3-4-8-15-11/h1-2,5-6,11H,3-4,7-8H2,(H,13,14). The Morgan fingerprint density at radius 3 is 3.00 bits per heavy atom. The lowest BCUT2D eigenvalue weighted by Crippen LogP contribution is -2.03. The van der Waals surface area contributed by atoms with E-state index in [1.807, 2.05) is 17.8 Å². The van der Waals surface area contributed by atoms with E-state index in [1.165, 1.54) is 36.4 Å². The van der Waals surface area contributed by atoms with Crippen LogP contribution >= 0.6 is 11.8 Å². The van der Waals surface area contributed by atoms with Crippen LogP contribution in [0.15, 0.2) is 24.3 Å². The molecule has 1 N–H and O–H groups in total. The molecule has 0 aliphatic carbocycles.